The molecule has 0 bridgehead atoms. The number of rotatable bonds is 17. The molecule has 0 aliphatic heterocycles. The molecule has 0 aliphatic carbocycles. The van der Waals surface area contributed by atoms with Gasteiger partial charge in [0.15, 0.2) is 0 Å². The van der Waals surface area contributed by atoms with Crippen molar-refractivity contribution in [3.05, 3.63) is 102 Å². The van der Waals surface area contributed by atoms with Crippen LogP contribution in [0.25, 0.3) is 0 Å². The van der Waals surface area contributed by atoms with Gasteiger partial charge in [-0.05, 0) is 67.3 Å². The first-order valence-corrected chi connectivity index (χ1v) is 17.5. The predicted octanol–water partition coefficient (Wildman–Crippen LogP) is 4.89. The molecule has 0 fully saturated rings. The standard InChI is InChI=1S/C36H49N3O7S/c1-26(2)22-23-38(47(44,45)32-20-18-28(24-40)19-21-32)31(25-41)17-11-12-27(3)39(36(43)46-4)35(42)34(37)33(29-13-7-5-8-14-29)30-15-9-6-10-16-30/h5-10,13-16,18-21,26-27,31,33-34,40-41H,11-12,17,22-25,37H2,1-4H3/t27-,31+,34+/m1/s1. The maximum absolute atomic E-state index is 14.0. The SMILES string of the molecule is COC(=O)N(C(=O)[C@@H](N)C(c1ccccc1)c1ccccc1)[C@H](C)CCC[C@@H](CO)N(CCC(C)C)S(=O)(=O)c1ccc(CO)cc1. The summed E-state index contributed by atoms with van der Waals surface area (Å²) >= 11 is 0. The molecule has 0 spiro atoms. The second kappa shape index (κ2) is 18.1. The molecule has 10 nitrogen and oxygen atoms in total. The summed E-state index contributed by atoms with van der Waals surface area (Å²) in [5.41, 5.74) is 8.91. The number of hydrogen-bond acceptors (Lipinski definition) is 8. The molecule has 0 aliphatic rings. The van der Waals surface area contributed by atoms with Crippen LogP contribution in [0.4, 0.5) is 4.79 Å². The lowest BCUT2D eigenvalue weighted by Crippen LogP contribution is -2.53. The van der Waals surface area contributed by atoms with Crippen molar-refractivity contribution >= 4 is 22.0 Å². The molecule has 0 saturated carbocycles. The van der Waals surface area contributed by atoms with Gasteiger partial charge in [-0.25, -0.2) is 18.1 Å². The van der Waals surface area contributed by atoms with Gasteiger partial charge in [-0.15, -0.1) is 0 Å². The Morgan fingerprint density at radius 1 is 0.830 bits per heavy atom. The summed E-state index contributed by atoms with van der Waals surface area (Å²) in [4.78, 5) is 28.1. The van der Waals surface area contributed by atoms with E-state index in [9.17, 15) is 28.2 Å². The fraction of sp³-hybridized carbons (Fsp3) is 0.444. The number of aliphatic hydroxyl groups excluding tert-OH is 2. The molecule has 4 N–H and O–H groups in total. The highest BCUT2D eigenvalue weighted by molar-refractivity contribution is 7.89. The quantitative estimate of drug-likeness (QED) is 0.184. The van der Waals surface area contributed by atoms with Gasteiger partial charge >= 0.3 is 6.09 Å². The average Bonchev–Trinajstić information content (AvgIpc) is 3.08. The highest BCUT2D eigenvalue weighted by Crippen LogP contribution is 2.29. The fourth-order valence-electron chi connectivity index (χ4n) is 5.71. The van der Waals surface area contributed by atoms with Crippen LogP contribution in [0.5, 0.6) is 0 Å². The normalized spacial score (nSPS) is 13.8. The van der Waals surface area contributed by atoms with Crippen LogP contribution in [0.3, 0.4) is 0 Å². The topological polar surface area (TPSA) is 150 Å². The molecule has 0 radical (unpaired) electrons. The number of hydrogen-bond donors (Lipinski definition) is 3. The van der Waals surface area contributed by atoms with Crippen LogP contribution < -0.4 is 5.73 Å². The second-order valence-corrected chi connectivity index (χ2v) is 14.1. The van der Waals surface area contributed by atoms with Gasteiger partial charge < -0.3 is 20.7 Å². The fourth-order valence-corrected chi connectivity index (χ4v) is 7.37. The van der Waals surface area contributed by atoms with Crippen molar-refractivity contribution in [3.63, 3.8) is 0 Å². The number of imide groups is 1. The predicted molar refractivity (Wildman–Crippen MR) is 182 cm³/mol. The van der Waals surface area contributed by atoms with Crippen molar-refractivity contribution in [2.45, 2.75) is 82.0 Å². The highest BCUT2D eigenvalue weighted by atomic mass is 32.2. The third-order valence-corrected chi connectivity index (χ3v) is 10.4. The number of ether oxygens (including phenoxy) is 1. The lowest BCUT2D eigenvalue weighted by molar-refractivity contribution is -0.132. The molecule has 3 aromatic rings. The molecule has 0 unspecified atom stereocenters. The first-order chi connectivity index (χ1) is 22.5. The Hall–Kier alpha value is -3.61. The number of carbonyl (C=O) groups excluding carboxylic acids is 2. The zero-order valence-electron chi connectivity index (χ0n) is 27.7. The minimum absolute atomic E-state index is 0.0770. The summed E-state index contributed by atoms with van der Waals surface area (Å²) in [6.45, 7) is 5.33. The summed E-state index contributed by atoms with van der Waals surface area (Å²) in [7, 11) is -2.76. The van der Waals surface area contributed by atoms with Crippen molar-refractivity contribution < 1.29 is 33.0 Å². The summed E-state index contributed by atoms with van der Waals surface area (Å²) in [5.74, 6) is -0.884. The van der Waals surface area contributed by atoms with Gasteiger partial charge in [0.25, 0.3) is 0 Å². The van der Waals surface area contributed by atoms with Crippen molar-refractivity contribution in [1.82, 2.24) is 9.21 Å². The van der Waals surface area contributed by atoms with E-state index in [1.165, 1.54) is 23.5 Å². The van der Waals surface area contributed by atoms with Crippen LogP contribution in [0, 0.1) is 5.92 Å². The van der Waals surface area contributed by atoms with Gasteiger partial charge in [0.2, 0.25) is 15.9 Å². The Labute approximate surface area is 279 Å². The van der Waals surface area contributed by atoms with Crippen LogP contribution in [-0.2, 0) is 26.2 Å². The van der Waals surface area contributed by atoms with E-state index < -0.39 is 52.7 Å². The minimum Gasteiger partial charge on any atom is -0.452 e. The molecule has 0 aromatic heterocycles. The van der Waals surface area contributed by atoms with Crippen LogP contribution in [0.2, 0.25) is 0 Å². The van der Waals surface area contributed by atoms with Crippen LogP contribution >= 0.6 is 0 Å². The highest BCUT2D eigenvalue weighted by Gasteiger charge is 2.37. The number of nitrogens with zero attached hydrogens (tertiary/aromatic N) is 2. The molecule has 0 heterocycles. The molecule has 0 saturated heterocycles. The van der Waals surface area contributed by atoms with E-state index in [4.69, 9.17) is 10.5 Å². The summed E-state index contributed by atoms with van der Waals surface area (Å²) in [6.07, 6.45) is 0.783. The van der Waals surface area contributed by atoms with E-state index in [1.54, 1.807) is 19.1 Å². The zero-order valence-corrected chi connectivity index (χ0v) is 28.6. The molecule has 2 amide bonds. The molecule has 3 rings (SSSR count). The van der Waals surface area contributed by atoms with E-state index in [1.807, 2.05) is 74.5 Å². The number of nitrogens with two attached hydrogens (primary N) is 1. The number of methoxy groups -OCH3 is 1. The molecular weight excluding hydrogens is 618 g/mol. The van der Waals surface area contributed by atoms with Crippen molar-refractivity contribution in [2.75, 3.05) is 20.3 Å². The van der Waals surface area contributed by atoms with Gasteiger partial charge in [-0.2, -0.15) is 4.31 Å². The Kier molecular flexibility index (Phi) is 14.6. The summed E-state index contributed by atoms with van der Waals surface area (Å²) < 4.78 is 33.9. The van der Waals surface area contributed by atoms with E-state index in [2.05, 4.69) is 0 Å². The third-order valence-electron chi connectivity index (χ3n) is 8.43. The molecular formula is C36H49N3O7S. The van der Waals surface area contributed by atoms with Gasteiger partial charge in [0, 0.05) is 24.5 Å². The number of amides is 2. The van der Waals surface area contributed by atoms with Crippen molar-refractivity contribution in [2.24, 2.45) is 11.7 Å². The van der Waals surface area contributed by atoms with E-state index in [0.717, 1.165) is 16.0 Å². The van der Waals surface area contributed by atoms with E-state index >= 15 is 0 Å². The lowest BCUT2D eigenvalue weighted by Gasteiger charge is -2.33. The van der Waals surface area contributed by atoms with E-state index in [0.29, 0.717) is 31.2 Å². The second-order valence-electron chi connectivity index (χ2n) is 12.2. The monoisotopic (exact) mass is 667 g/mol. The average molecular weight is 668 g/mol. The molecule has 256 valence electrons. The van der Waals surface area contributed by atoms with Gasteiger partial charge in [0.1, 0.15) is 0 Å². The van der Waals surface area contributed by atoms with Crippen LogP contribution in [-0.4, -0.2) is 78.2 Å². The van der Waals surface area contributed by atoms with Gasteiger partial charge in [-0.3, -0.25) is 4.79 Å². The minimum atomic E-state index is -3.97. The number of benzene rings is 3. The Morgan fingerprint density at radius 2 is 1.38 bits per heavy atom. The zero-order chi connectivity index (χ0) is 34.6. The molecule has 3 atom stereocenters. The molecule has 11 heteroatoms. The maximum Gasteiger partial charge on any atom is 0.416 e. The van der Waals surface area contributed by atoms with Crippen LogP contribution in [0.15, 0.2) is 89.8 Å². The maximum atomic E-state index is 14.0. The Morgan fingerprint density at radius 3 is 1.85 bits per heavy atom. The molecule has 47 heavy (non-hydrogen) atoms. The number of carbonyl (C=O) groups is 2. The van der Waals surface area contributed by atoms with Crippen molar-refractivity contribution in [3.8, 4) is 0 Å². The van der Waals surface area contributed by atoms with Gasteiger partial charge in [-0.1, -0.05) is 86.6 Å². The Balaban J connectivity index is 1.81. The largest absolute Gasteiger partial charge is 0.452 e. The smallest absolute Gasteiger partial charge is 0.416 e. The number of sulfonamides is 1. The van der Waals surface area contributed by atoms with Crippen LogP contribution in [0.1, 0.15) is 69.1 Å². The third kappa shape index (κ3) is 9.94. The summed E-state index contributed by atoms with van der Waals surface area (Å²) in [6, 6.07) is 22.4. The lowest BCUT2D eigenvalue weighted by atomic mass is 9.84. The number of aliphatic hydroxyl groups is 2. The first kappa shape index (κ1) is 37.8. The van der Waals surface area contributed by atoms with Crippen molar-refractivity contribution in [1.29, 1.82) is 0 Å². The summed E-state index contributed by atoms with van der Waals surface area (Å²) in [5, 5.41) is 19.8. The Bertz CT molecular complexity index is 1460. The molecule has 3 aromatic carbocycles. The van der Waals surface area contributed by atoms with E-state index in [-0.39, 0.29) is 24.0 Å². The first-order valence-electron chi connectivity index (χ1n) is 16.0. The van der Waals surface area contributed by atoms with Gasteiger partial charge in [0.05, 0.1) is 31.3 Å².